The molecule has 0 N–H and O–H groups in total. The van der Waals surface area contributed by atoms with Gasteiger partial charge in [0.2, 0.25) is 5.82 Å². The first-order valence-electron chi connectivity index (χ1n) is 7.12. The normalized spacial score (nSPS) is 17.4. The molecule has 0 aliphatic heterocycles. The average Bonchev–Trinajstić information content (AvgIpc) is 3.02. The van der Waals surface area contributed by atoms with Crippen LogP contribution in [0.4, 0.5) is 0 Å². The summed E-state index contributed by atoms with van der Waals surface area (Å²) < 4.78 is 10.3. The van der Waals surface area contributed by atoms with Gasteiger partial charge in [-0.1, -0.05) is 41.0 Å². The molecule has 1 aliphatic rings. The van der Waals surface area contributed by atoms with Crippen molar-refractivity contribution in [3.63, 3.8) is 0 Å². The number of hydrogen-bond acceptors (Lipinski definition) is 5. The molecular weight excluding hydrogens is 304 g/mol. The molecule has 2 aromatic rings. The Labute approximate surface area is 132 Å². The minimum absolute atomic E-state index is 0.00733. The van der Waals surface area contributed by atoms with Gasteiger partial charge in [0.05, 0.1) is 5.92 Å². The minimum atomic E-state index is -0.216. The molecule has 0 amide bonds. The number of esters is 1. The predicted molar refractivity (Wildman–Crippen MR) is 81.0 cm³/mol. The number of benzene rings is 1. The third-order valence-electron chi connectivity index (χ3n) is 3.49. The molecule has 1 atom stereocenters. The minimum Gasteiger partial charge on any atom is -0.455 e. The van der Waals surface area contributed by atoms with Gasteiger partial charge in [-0.25, -0.2) is 0 Å². The van der Waals surface area contributed by atoms with Gasteiger partial charge >= 0.3 is 5.97 Å². The number of hydrogen-bond donors (Lipinski definition) is 0. The van der Waals surface area contributed by atoms with E-state index in [4.69, 9.17) is 20.9 Å². The van der Waals surface area contributed by atoms with E-state index in [0.717, 1.165) is 24.8 Å². The molecule has 6 heteroatoms. The van der Waals surface area contributed by atoms with Crippen LogP contribution in [0.25, 0.3) is 11.4 Å². The van der Waals surface area contributed by atoms with Gasteiger partial charge < -0.3 is 9.26 Å². The van der Waals surface area contributed by atoms with E-state index in [1.165, 1.54) is 0 Å². The number of aromatic nitrogens is 2. The molecule has 1 heterocycles. The Hall–Kier alpha value is -2.14. The van der Waals surface area contributed by atoms with Crippen LogP contribution in [-0.2, 0) is 16.1 Å². The van der Waals surface area contributed by atoms with Crippen LogP contribution in [0.15, 0.2) is 40.9 Å². The van der Waals surface area contributed by atoms with E-state index in [1.807, 2.05) is 18.2 Å². The molecule has 1 aromatic carbocycles. The Kier molecular flexibility index (Phi) is 4.53. The number of carbonyl (C=O) groups is 1. The first kappa shape index (κ1) is 14.8. The van der Waals surface area contributed by atoms with Crippen LogP contribution in [0, 0.1) is 5.92 Å². The molecule has 1 aliphatic carbocycles. The van der Waals surface area contributed by atoms with Crippen molar-refractivity contribution in [1.29, 1.82) is 0 Å². The SMILES string of the molecule is O=C(OCc1nc(-c2cccc(Cl)c2)no1)[C@H]1CC=CCC1. The van der Waals surface area contributed by atoms with Crippen LogP contribution >= 0.6 is 11.6 Å². The topological polar surface area (TPSA) is 65.2 Å². The van der Waals surface area contributed by atoms with Gasteiger partial charge in [0, 0.05) is 10.6 Å². The van der Waals surface area contributed by atoms with Gasteiger partial charge in [0.1, 0.15) is 0 Å². The first-order valence-corrected chi connectivity index (χ1v) is 7.50. The molecule has 114 valence electrons. The third-order valence-corrected chi connectivity index (χ3v) is 3.73. The molecule has 0 saturated carbocycles. The second kappa shape index (κ2) is 6.75. The van der Waals surface area contributed by atoms with Gasteiger partial charge in [-0.05, 0) is 31.4 Å². The lowest BCUT2D eigenvalue weighted by molar-refractivity contribution is -0.150. The van der Waals surface area contributed by atoms with E-state index in [2.05, 4.69) is 16.2 Å². The summed E-state index contributed by atoms with van der Waals surface area (Å²) >= 11 is 5.93. The van der Waals surface area contributed by atoms with Gasteiger partial charge in [0.25, 0.3) is 5.89 Å². The molecule has 0 unspecified atom stereocenters. The van der Waals surface area contributed by atoms with Crippen molar-refractivity contribution in [2.24, 2.45) is 5.92 Å². The fourth-order valence-electron chi connectivity index (χ4n) is 2.32. The standard InChI is InChI=1S/C16H15ClN2O3/c17-13-8-4-7-12(9-13)15-18-14(22-19-15)10-21-16(20)11-5-2-1-3-6-11/h1-2,4,7-9,11H,3,5-6,10H2/t11-/m0/s1. The Morgan fingerprint density at radius 3 is 3.09 bits per heavy atom. The quantitative estimate of drug-likeness (QED) is 0.634. The number of nitrogens with zero attached hydrogens (tertiary/aromatic N) is 2. The highest BCUT2D eigenvalue weighted by Gasteiger charge is 2.21. The molecular formula is C16H15ClN2O3. The molecule has 22 heavy (non-hydrogen) atoms. The first-order chi connectivity index (χ1) is 10.7. The number of halogens is 1. The second-order valence-electron chi connectivity index (χ2n) is 5.11. The summed E-state index contributed by atoms with van der Waals surface area (Å²) in [6, 6.07) is 7.16. The molecule has 0 bridgehead atoms. The van der Waals surface area contributed by atoms with Gasteiger partial charge in [0.15, 0.2) is 6.61 Å². The van der Waals surface area contributed by atoms with E-state index in [0.29, 0.717) is 10.8 Å². The Morgan fingerprint density at radius 2 is 2.32 bits per heavy atom. The van der Waals surface area contributed by atoms with Crippen LogP contribution in [-0.4, -0.2) is 16.1 Å². The van der Waals surface area contributed by atoms with Crippen LogP contribution in [0.5, 0.6) is 0 Å². The van der Waals surface area contributed by atoms with Crippen molar-refractivity contribution in [1.82, 2.24) is 10.1 Å². The maximum Gasteiger partial charge on any atom is 0.309 e. The summed E-state index contributed by atoms with van der Waals surface area (Å²) in [7, 11) is 0. The van der Waals surface area contributed by atoms with E-state index < -0.39 is 0 Å². The van der Waals surface area contributed by atoms with Crippen LogP contribution in [0.2, 0.25) is 5.02 Å². The predicted octanol–water partition coefficient (Wildman–Crippen LogP) is 3.79. The third kappa shape index (κ3) is 3.54. The van der Waals surface area contributed by atoms with Crippen molar-refractivity contribution in [2.45, 2.75) is 25.9 Å². The molecule has 0 spiro atoms. The van der Waals surface area contributed by atoms with Crippen LogP contribution in [0.1, 0.15) is 25.2 Å². The number of carbonyl (C=O) groups excluding carboxylic acids is 1. The highest BCUT2D eigenvalue weighted by atomic mass is 35.5. The van der Waals surface area contributed by atoms with Crippen LogP contribution in [0.3, 0.4) is 0 Å². The van der Waals surface area contributed by atoms with Crippen molar-refractivity contribution < 1.29 is 14.1 Å². The fraction of sp³-hybridized carbons (Fsp3) is 0.312. The van der Waals surface area contributed by atoms with Crippen molar-refractivity contribution in [3.8, 4) is 11.4 Å². The van der Waals surface area contributed by atoms with Gasteiger partial charge in [-0.3, -0.25) is 4.79 Å². The smallest absolute Gasteiger partial charge is 0.309 e. The highest BCUT2D eigenvalue weighted by molar-refractivity contribution is 6.30. The molecule has 0 radical (unpaired) electrons. The highest BCUT2D eigenvalue weighted by Crippen LogP contribution is 2.22. The van der Waals surface area contributed by atoms with Crippen molar-refractivity contribution in [2.75, 3.05) is 0 Å². The van der Waals surface area contributed by atoms with Crippen molar-refractivity contribution >= 4 is 17.6 Å². The number of rotatable bonds is 4. The maximum atomic E-state index is 11.9. The summed E-state index contributed by atoms with van der Waals surface area (Å²) in [4.78, 5) is 16.1. The maximum absolute atomic E-state index is 11.9. The zero-order valence-electron chi connectivity index (χ0n) is 11.9. The summed E-state index contributed by atoms with van der Waals surface area (Å²) in [5.41, 5.74) is 0.756. The lowest BCUT2D eigenvalue weighted by Gasteiger charge is -2.15. The molecule has 1 aromatic heterocycles. The Balaban J connectivity index is 1.60. The molecule has 3 rings (SSSR count). The monoisotopic (exact) mass is 318 g/mol. The van der Waals surface area contributed by atoms with Gasteiger partial charge in [-0.2, -0.15) is 4.98 Å². The van der Waals surface area contributed by atoms with E-state index in [-0.39, 0.29) is 24.4 Å². The summed E-state index contributed by atoms with van der Waals surface area (Å²) in [5.74, 6) is 0.413. The van der Waals surface area contributed by atoms with E-state index in [9.17, 15) is 4.79 Å². The lowest BCUT2D eigenvalue weighted by Crippen LogP contribution is -2.18. The number of allylic oxidation sites excluding steroid dienone is 2. The number of ether oxygens (including phenoxy) is 1. The Bertz CT molecular complexity index is 696. The van der Waals surface area contributed by atoms with Crippen molar-refractivity contribution in [3.05, 3.63) is 47.3 Å². The Morgan fingerprint density at radius 1 is 1.41 bits per heavy atom. The summed E-state index contributed by atoms with van der Waals surface area (Å²) in [6.07, 6.45) is 6.57. The zero-order valence-corrected chi connectivity index (χ0v) is 12.6. The summed E-state index contributed by atoms with van der Waals surface area (Å²) in [5, 5.41) is 4.47. The largest absolute Gasteiger partial charge is 0.455 e. The average molecular weight is 319 g/mol. The molecule has 0 saturated heterocycles. The second-order valence-corrected chi connectivity index (χ2v) is 5.55. The van der Waals surface area contributed by atoms with Crippen LogP contribution < -0.4 is 0 Å². The zero-order chi connectivity index (χ0) is 15.4. The fourth-order valence-corrected chi connectivity index (χ4v) is 2.51. The van der Waals surface area contributed by atoms with E-state index >= 15 is 0 Å². The molecule has 5 nitrogen and oxygen atoms in total. The van der Waals surface area contributed by atoms with Gasteiger partial charge in [-0.15, -0.1) is 0 Å². The molecule has 0 fully saturated rings. The lowest BCUT2D eigenvalue weighted by atomic mass is 9.95. The summed E-state index contributed by atoms with van der Waals surface area (Å²) in [6.45, 7) is -0.00733. The van der Waals surface area contributed by atoms with E-state index in [1.54, 1.807) is 12.1 Å².